The van der Waals surface area contributed by atoms with Gasteiger partial charge in [0, 0.05) is 18.9 Å². The van der Waals surface area contributed by atoms with Crippen LogP contribution in [0.5, 0.6) is 0 Å². The van der Waals surface area contributed by atoms with E-state index in [1.807, 2.05) is 28.9 Å². The van der Waals surface area contributed by atoms with E-state index in [9.17, 15) is 0 Å². The second kappa shape index (κ2) is 5.75. The highest BCUT2D eigenvalue weighted by molar-refractivity contribution is 5.50. The van der Waals surface area contributed by atoms with Crippen LogP contribution in [0.15, 0.2) is 54.9 Å². The summed E-state index contributed by atoms with van der Waals surface area (Å²) in [5.41, 5.74) is 9.04. The maximum atomic E-state index is 5.55. The van der Waals surface area contributed by atoms with Gasteiger partial charge in [-0.15, -0.1) is 0 Å². The minimum Gasteiger partial charge on any atom is -0.367 e. The van der Waals surface area contributed by atoms with Gasteiger partial charge in [0.05, 0.1) is 0 Å². The first-order chi connectivity index (χ1) is 9.86. The highest BCUT2D eigenvalue weighted by atomic mass is 15.1. The smallest absolute Gasteiger partial charge is 0.138 e. The molecule has 0 aliphatic carbocycles. The third-order valence-electron chi connectivity index (χ3n) is 3.36. The zero-order valence-electron chi connectivity index (χ0n) is 11.3. The molecule has 0 bridgehead atoms. The Morgan fingerprint density at radius 2 is 1.85 bits per heavy atom. The topological polar surface area (TPSA) is 55.3 Å². The lowest BCUT2D eigenvalue weighted by Gasteiger charge is -2.09. The summed E-state index contributed by atoms with van der Waals surface area (Å²) in [5.74, 6) is 1.05. The zero-order chi connectivity index (χ0) is 13.8. The van der Waals surface area contributed by atoms with Crippen molar-refractivity contribution in [2.75, 3.05) is 11.9 Å². The molecule has 2 aromatic heterocycles. The lowest BCUT2D eigenvalue weighted by molar-refractivity contribution is 0.965. The van der Waals surface area contributed by atoms with Gasteiger partial charge in [0.15, 0.2) is 0 Å². The number of hydrogen-bond acceptors (Lipinski definition) is 3. The van der Waals surface area contributed by atoms with Crippen LogP contribution in [-0.4, -0.2) is 15.9 Å². The summed E-state index contributed by atoms with van der Waals surface area (Å²) < 4.78 is 2.04. The first-order valence-electron chi connectivity index (χ1n) is 6.80. The number of rotatable bonds is 5. The molecule has 0 saturated heterocycles. The Labute approximate surface area is 118 Å². The van der Waals surface area contributed by atoms with E-state index < -0.39 is 0 Å². The second-order valence-electron chi connectivity index (χ2n) is 4.78. The molecular formula is C16H18N4. The SMILES string of the molecule is NCCc1ccc(CNc2cccc3nccn23)cc1. The second-order valence-corrected chi connectivity index (χ2v) is 4.78. The molecule has 0 amide bonds. The molecular weight excluding hydrogens is 248 g/mol. The molecule has 0 aliphatic rings. The van der Waals surface area contributed by atoms with Crippen molar-refractivity contribution < 1.29 is 0 Å². The standard InChI is InChI=1S/C16H18N4/c17-9-8-13-4-6-14(7-5-13)12-19-16-3-1-2-15-18-10-11-20(15)16/h1-7,10-11,19H,8-9,12,17H2. The summed E-state index contributed by atoms with van der Waals surface area (Å²) in [5, 5.41) is 3.44. The summed E-state index contributed by atoms with van der Waals surface area (Å²) >= 11 is 0. The van der Waals surface area contributed by atoms with Crippen LogP contribution in [0.4, 0.5) is 5.82 Å². The Morgan fingerprint density at radius 1 is 1.05 bits per heavy atom. The number of fused-ring (bicyclic) bond motifs is 1. The predicted molar refractivity (Wildman–Crippen MR) is 81.7 cm³/mol. The van der Waals surface area contributed by atoms with Gasteiger partial charge in [-0.05, 0) is 36.2 Å². The molecule has 4 nitrogen and oxygen atoms in total. The zero-order valence-corrected chi connectivity index (χ0v) is 11.3. The summed E-state index contributed by atoms with van der Waals surface area (Å²) in [4.78, 5) is 4.28. The number of pyridine rings is 1. The molecule has 3 rings (SSSR count). The minimum atomic E-state index is 0.695. The molecule has 0 aliphatic heterocycles. The van der Waals surface area contributed by atoms with Crippen molar-refractivity contribution in [1.82, 2.24) is 9.38 Å². The summed E-state index contributed by atoms with van der Waals surface area (Å²) in [6.07, 6.45) is 4.70. The van der Waals surface area contributed by atoms with Gasteiger partial charge < -0.3 is 11.1 Å². The van der Waals surface area contributed by atoms with Crippen molar-refractivity contribution in [3.8, 4) is 0 Å². The van der Waals surface area contributed by atoms with E-state index in [4.69, 9.17) is 5.73 Å². The Bertz CT molecular complexity index is 685. The van der Waals surface area contributed by atoms with Crippen molar-refractivity contribution in [2.24, 2.45) is 5.73 Å². The van der Waals surface area contributed by atoms with Crippen LogP contribution in [0.2, 0.25) is 0 Å². The van der Waals surface area contributed by atoms with Crippen LogP contribution in [0.1, 0.15) is 11.1 Å². The van der Waals surface area contributed by atoms with Crippen LogP contribution in [0.3, 0.4) is 0 Å². The monoisotopic (exact) mass is 266 g/mol. The highest BCUT2D eigenvalue weighted by Crippen LogP contribution is 2.13. The Hall–Kier alpha value is -2.33. The fourth-order valence-electron chi connectivity index (χ4n) is 2.27. The number of nitrogens with two attached hydrogens (primary N) is 1. The van der Waals surface area contributed by atoms with Crippen LogP contribution >= 0.6 is 0 Å². The molecule has 0 saturated carbocycles. The molecule has 0 fully saturated rings. The fraction of sp³-hybridized carbons (Fsp3) is 0.188. The van der Waals surface area contributed by atoms with E-state index in [-0.39, 0.29) is 0 Å². The first kappa shape index (κ1) is 12.7. The van der Waals surface area contributed by atoms with E-state index >= 15 is 0 Å². The molecule has 0 spiro atoms. The molecule has 2 heterocycles. The van der Waals surface area contributed by atoms with Crippen molar-refractivity contribution >= 4 is 11.5 Å². The Balaban J connectivity index is 1.71. The van der Waals surface area contributed by atoms with E-state index in [1.165, 1.54) is 11.1 Å². The molecule has 20 heavy (non-hydrogen) atoms. The predicted octanol–water partition coefficient (Wildman–Crippen LogP) is 2.45. The van der Waals surface area contributed by atoms with E-state index in [0.29, 0.717) is 6.54 Å². The fourth-order valence-corrected chi connectivity index (χ4v) is 2.27. The molecule has 0 atom stereocenters. The molecule has 3 aromatic rings. The Morgan fingerprint density at radius 3 is 2.65 bits per heavy atom. The van der Waals surface area contributed by atoms with Crippen molar-refractivity contribution in [3.63, 3.8) is 0 Å². The number of aromatic nitrogens is 2. The van der Waals surface area contributed by atoms with Gasteiger partial charge >= 0.3 is 0 Å². The maximum Gasteiger partial charge on any atom is 0.138 e. The highest BCUT2D eigenvalue weighted by Gasteiger charge is 2.00. The van der Waals surface area contributed by atoms with Crippen LogP contribution < -0.4 is 11.1 Å². The van der Waals surface area contributed by atoms with Gasteiger partial charge in [0.2, 0.25) is 0 Å². The summed E-state index contributed by atoms with van der Waals surface area (Å²) in [6.45, 7) is 1.49. The number of nitrogens with zero attached hydrogens (tertiary/aromatic N) is 2. The lowest BCUT2D eigenvalue weighted by atomic mass is 10.1. The van der Waals surface area contributed by atoms with Crippen LogP contribution in [-0.2, 0) is 13.0 Å². The average Bonchev–Trinajstić information content (AvgIpc) is 2.96. The third-order valence-corrected chi connectivity index (χ3v) is 3.36. The molecule has 0 radical (unpaired) electrons. The van der Waals surface area contributed by atoms with Crippen molar-refractivity contribution in [3.05, 3.63) is 66.0 Å². The van der Waals surface area contributed by atoms with Gasteiger partial charge in [-0.3, -0.25) is 4.40 Å². The normalized spacial score (nSPS) is 10.8. The van der Waals surface area contributed by atoms with Crippen LogP contribution in [0, 0.1) is 0 Å². The number of benzene rings is 1. The van der Waals surface area contributed by atoms with Gasteiger partial charge in [-0.1, -0.05) is 30.3 Å². The minimum absolute atomic E-state index is 0.695. The number of nitrogens with one attached hydrogen (secondary N) is 1. The van der Waals surface area contributed by atoms with E-state index in [2.05, 4.69) is 40.6 Å². The van der Waals surface area contributed by atoms with Crippen LogP contribution in [0.25, 0.3) is 5.65 Å². The van der Waals surface area contributed by atoms with Gasteiger partial charge in [-0.2, -0.15) is 0 Å². The van der Waals surface area contributed by atoms with Gasteiger partial charge in [-0.25, -0.2) is 4.98 Å². The van der Waals surface area contributed by atoms with Crippen molar-refractivity contribution in [2.45, 2.75) is 13.0 Å². The summed E-state index contributed by atoms with van der Waals surface area (Å²) in [6, 6.07) is 14.6. The van der Waals surface area contributed by atoms with E-state index in [1.54, 1.807) is 0 Å². The number of anilines is 1. The van der Waals surface area contributed by atoms with E-state index in [0.717, 1.165) is 24.4 Å². The molecule has 1 aromatic carbocycles. The van der Waals surface area contributed by atoms with Crippen molar-refractivity contribution in [1.29, 1.82) is 0 Å². The number of imidazole rings is 1. The molecule has 102 valence electrons. The van der Waals surface area contributed by atoms with Gasteiger partial charge in [0.1, 0.15) is 11.5 Å². The largest absolute Gasteiger partial charge is 0.367 e. The summed E-state index contributed by atoms with van der Waals surface area (Å²) in [7, 11) is 0. The quantitative estimate of drug-likeness (QED) is 0.746. The number of hydrogen-bond donors (Lipinski definition) is 2. The molecule has 0 unspecified atom stereocenters. The molecule has 4 heteroatoms. The average molecular weight is 266 g/mol. The van der Waals surface area contributed by atoms with Gasteiger partial charge in [0.25, 0.3) is 0 Å². The lowest BCUT2D eigenvalue weighted by Crippen LogP contribution is -2.05. The molecule has 3 N–H and O–H groups in total. The first-order valence-corrected chi connectivity index (χ1v) is 6.80. The maximum absolute atomic E-state index is 5.55. The third kappa shape index (κ3) is 2.65. The Kier molecular flexibility index (Phi) is 3.65.